The molecule has 0 spiro atoms. The minimum Gasteiger partial charge on any atom is -0.449 e. The van der Waals surface area contributed by atoms with E-state index in [4.69, 9.17) is 25.1 Å². The molecule has 4 N–H and O–H groups in total. The minimum atomic E-state index is -0.801. The van der Waals surface area contributed by atoms with Crippen molar-refractivity contribution in [3.8, 4) is 11.1 Å². The maximum Gasteiger partial charge on any atom is 0.404 e. The Morgan fingerprint density at radius 1 is 0.717 bits per heavy atom. The van der Waals surface area contributed by atoms with Gasteiger partial charge in [-0.3, -0.25) is 9.59 Å². The molecule has 2 aromatic rings. The highest BCUT2D eigenvalue weighted by Crippen LogP contribution is 2.46. The van der Waals surface area contributed by atoms with Crippen LogP contribution in [0.4, 0.5) is 4.79 Å². The van der Waals surface area contributed by atoms with Crippen molar-refractivity contribution >= 4 is 17.9 Å². The first-order chi connectivity index (χ1) is 23.0. The fraction of sp³-hybridized carbons (Fsp3) is 0.571. The number of carbonyl (C=O) groups excluding carboxylic acids is 3. The molecule has 254 valence electrons. The molecule has 0 atom stereocenters. The number of fused-ring (bicyclic) bond motifs is 3. The lowest BCUT2D eigenvalue weighted by atomic mass is 9.94. The molecule has 46 heavy (non-hydrogen) atoms. The molecule has 0 saturated carbocycles. The molecule has 0 heterocycles. The van der Waals surface area contributed by atoms with Gasteiger partial charge in [0.25, 0.3) is 0 Å². The largest absolute Gasteiger partial charge is 0.449 e. The Morgan fingerprint density at radius 2 is 1.22 bits per heavy atom. The van der Waals surface area contributed by atoms with E-state index in [1.54, 1.807) is 19.9 Å². The number of primary amides is 1. The van der Waals surface area contributed by atoms with Crippen LogP contribution in [0.3, 0.4) is 0 Å². The summed E-state index contributed by atoms with van der Waals surface area (Å²) in [5.41, 5.74) is 8.28. The van der Waals surface area contributed by atoms with E-state index >= 15 is 0 Å². The number of hydrogen-bond acceptors (Lipinski definition) is 8. The predicted octanol–water partition coefficient (Wildman–Crippen LogP) is 3.88. The van der Waals surface area contributed by atoms with Crippen LogP contribution in [-0.2, 0) is 46.1 Å². The van der Waals surface area contributed by atoms with Crippen LogP contribution in [0.15, 0.2) is 36.4 Å². The summed E-state index contributed by atoms with van der Waals surface area (Å²) >= 11 is 0. The van der Waals surface area contributed by atoms with Gasteiger partial charge in [-0.15, -0.1) is 0 Å². The molecule has 0 aromatic heterocycles. The second-order valence-electron chi connectivity index (χ2n) is 11.3. The summed E-state index contributed by atoms with van der Waals surface area (Å²) < 4.78 is 33.4. The molecule has 3 rings (SSSR count). The van der Waals surface area contributed by atoms with Gasteiger partial charge in [0.1, 0.15) is 6.61 Å². The summed E-state index contributed by atoms with van der Waals surface area (Å²) in [6.45, 7) is 4.56. The van der Waals surface area contributed by atoms with Crippen LogP contribution in [0.2, 0.25) is 1.41 Å². The molecule has 1 aliphatic rings. The fourth-order valence-corrected chi connectivity index (χ4v) is 5.53. The third-order valence-electron chi connectivity index (χ3n) is 7.80. The first-order valence-corrected chi connectivity index (χ1v) is 16.2. The molecule has 0 saturated heterocycles. The summed E-state index contributed by atoms with van der Waals surface area (Å²) in [5.74, 6) is -0.185. The lowest BCUT2D eigenvalue weighted by Gasteiger charge is -2.15. The Balaban J connectivity index is 1.51. The SMILES string of the molecule is [2H]NC(=O)OCC1c2cc(CCCC(=O)NCCOCCCOC)ccc2-c2ccc(CCCC(=O)NCCOCCCOC)cc21. The molecule has 11 heteroatoms. The van der Waals surface area contributed by atoms with Gasteiger partial charge in [0, 0.05) is 72.5 Å². The van der Waals surface area contributed by atoms with Crippen LogP contribution in [0.25, 0.3) is 11.1 Å². The van der Waals surface area contributed by atoms with Crippen LogP contribution in [-0.4, -0.2) is 91.5 Å². The number of hydrogen-bond donors (Lipinski definition) is 3. The number of methoxy groups -OCH3 is 2. The van der Waals surface area contributed by atoms with Crippen molar-refractivity contribution in [3.05, 3.63) is 58.7 Å². The van der Waals surface area contributed by atoms with Crippen molar-refractivity contribution in [2.45, 2.75) is 57.3 Å². The molecule has 0 fully saturated rings. The minimum absolute atomic E-state index is 0.000474. The highest BCUT2D eigenvalue weighted by molar-refractivity contribution is 5.80. The average molecular weight is 643 g/mol. The van der Waals surface area contributed by atoms with Gasteiger partial charge in [0.15, 0.2) is 1.41 Å². The zero-order valence-electron chi connectivity index (χ0n) is 28.3. The van der Waals surface area contributed by atoms with Crippen LogP contribution < -0.4 is 16.4 Å². The summed E-state index contributed by atoms with van der Waals surface area (Å²) in [7, 11) is 3.32. The maximum atomic E-state index is 12.3. The summed E-state index contributed by atoms with van der Waals surface area (Å²) in [4.78, 5) is 36.4. The lowest BCUT2D eigenvalue weighted by Crippen LogP contribution is -2.27. The summed E-state index contributed by atoms with van der Waals surface area (Å²) in [6, 6.07) is 12.6. The first-order valence-electron chi connectivity index (χ1n) is 16.7. The van der Waals surface area contributed by atoms with Crippen molar-refractivity contribution in [2.24, 2.45) is 5.73 Å². The molecule has 3 amide bonds. The molecule has 0 unspecified atom stereocenters. The second kappa shape index (κ2) is 21.3. The van der Waals surface area contributed by atoms with E-state index in [-0.39, 0.29) is 24.3 Å². The van der Waals surface area contributed by atoms with E-state index in [0.29, 0.717) is 78.4 Å². The van der Waals surface area contributed by atoms with Crippen LogP contribution in [0.5, 0.6) is 0 Å². The number of rotatable bonds is 24. The molecule has 0 radical (unpaired) electrons. The van der Waals surface area contributed by atoms with Crippen LogP contribution in [0, 0.1) is 0 Å². The standard InChI is InChI=1S/C35H51N3O8/c1-42-17-5-19-44-21-15-37-33(39)9-3-7-26-11-13-28-29-14-12-27(24-31(29)32(30(28)23-26)25-46-35(36)41)8-4-10-34(40)38-16-22-45-20-6-18-43-2/h11-14,23-24,32H,3-10,15-22,25H2,1-2H3,(H2,36,41)(H,37,39)(H,38,40)/i/hD. The molecule has 2 aromatic carbocycles. The van der Waals surface area contributed by atoms with Crippen LogP contribution in [0.1, 0.15) is 66.7 Å². The average Bonchev–Trinajstić information content (AvgIpc) is 3.38. The Bertz CT molecular complexity index is 1180. The van der Waals surface area contributed by atoms with Gasteiger partial charge in [-0.25, -0.2) is 4.79 Å². The molecule has 11 nitrogen and oxygen atoms in total. The topological polar surface area (TPSA) is 147 Å². The molecular formula is C35H51N3O8. The van der Waals surface area contributed by atoms with Gasteiger partial charge in [0.05, 0.1) is 13.2 Å². The quantitative estimate of drug-likeness (QED) is 0.146. The van der Waals surface area contributed by atoms with Gasteiger partial charge in [-0.05, 0) is 71.9 Å². The van der Waals surface area contributed by atoms with Gasteiger partial charge in [0.2, 0.25) is 11.8 Å². The second-order valence-corrected chi connectivity index (χ2v) is 11.3. The number of aryl methyl sites for hydroxylation is 2. The van der Waals surface area contributed by atoms with E-state index in [2.05, 4.69) is 47.0 Å². The van der Waals surface area contributed by atoms with E-state index in [0.717, 1.165) is 59.1 Å². The van der Waals surface area contributed by atoms with Gasteiger partial charge < -0.3 is 40.0 Å². The Kier molecular flexibility index (Phi) is 16.4. The van der Waals surface area contributed by atoms with Crippen LogP contribution >= 0.6 is 0 Å². The number of carbonyl (C=O) groups is 3. The number of benzene rings is 2. The zero-order valence-corrected chi connectivity index (χ0v) is 27.3. The third-order valence-corrected chi connectivity index (χ3v) is 7.80. The first kappa shape index (κ1) is 35.3. The molecule has 0 bridgehead atoms. The fourth-order valence-electron chi connectivity index (χ4n) is 5.53. The molecular weight excluding hydrogens is 590 g/mol. The smallest absolute Gasteiger partial charge is 0.404 e. The highest BCUT2D eigenvalue weighted by Gasteiger charge is 2.30. The normalized spacial score (nSPS) is 12.3. The number of ether oxygens (including phenoxy) is 5. The summed E-state index contributed by atoms with van der Waals surface area (Å²) in [5, 5.41) is 5.80. The molecule has 1 aliphatic carbocycles. The highest BCUT2D eigenvalue weighted by atomic mass is 16.5. The Hall–Kier alpha value is -3.51. The van der Waals surface area contributed by atoms with E-state index in [1.807, 2.05) is 0 Å². The number of amides is 3. The predicted molar refractivity (Wildman–Crippen MR) is 176 cm³/mol. The van der Waals surface area contributed by atoms with Gasteiger partial charge >= 0.3 is 6.09 Å². The number of nitrogens with two attached hydrogens (primary N) is 1. The van der Waals surface area contributed by atoms with E-state index < -0.39 is 6.09 Å². The van der Waals surface area contributed by atoms with Crippen molar-refractivity contribution in [2.75, 3.05) is 73.6 Å². The Labute approximate surface area is 274 Å². The van der Waals surface area contributed by atoms with Crippen molar-refractivity contribution in [1.29, 1.82) is 0 Å². The monoisotopic (exact) mass is 642 g/mol. The third kappa shape index (κ3) is 13.1. The number of nitrogens with one attached hydrogen (secondary N) is 2. The van der Waals surface area contributed by atoms with Crippen molar-refractivity contribution in [3.63, 3.8) is 0 Å². The lowest BCUT2D eigenvalue weighted by molar-refractivity contribution is -0.122. The molecule has 0 aliphatic heterocycles. The van der Waals surface area contributed by atoms with E-state index in [9.17, 15) is 14.4 Å². The van der Waals surface area contributed by atoms with E-state index in [1.165, 1.54) is 0 Å². The van der Waals surface area contributed by atoms with Crippen molar-refractivity contribution < 1.29 is 39.5 Å². The van der Waals surface area contributed by atoms with Gasteiger partial charge in [-0.2, -0.15) is 0 Å². The Morgan fingerprint density at radius 3 is 1.67 bits per heavy atom. The van der Waals surface area contributed by atoms with Gasteiger partial charge in [-0.1, -0.05) is 36.4 Å². The zero-order chi connectivity index (χ0) is 33.7. The maximum absolute atomic E-state index is 12.3. The summed E-state index contributed by atoms with van der Waals surface area (Å²) in [6.07, 6.45) is 4.57. The van der Waals surface area contributed by atoms with Crippen molar-refractivity contribution in [1.82, 2.24) is 10.6 Å².